The first kappa shape index (κ1) is 7.39. The molecule has 1 nitrogen and oxygen atoms in total. The molecular weight excluding hydrogens is 131 g/mol. The summed E-state index contributed by atoms with van der Waals surface area (Å²) in [7, 11) is 6.60. The molecule has 0 aromatic rings. The molecule has 1 heterocycles. The predicted molar refractivity (Wildman–Crippen MR) is 50.9 cm³/mol. The third-order valence-corrected chi connectivity index (χ3v) is 2.65. The fraction of sp³-hybridized carbons (Fsp3) is 0.714. The largest absolute Gasteiger partial charge is 0.443 e. The van der Waals surface area contributed by atoms with Crippen LogP contribution in [0.15, 0.2) is 11.2 Å². The van der Waals surface area contributed by atoms with Crippen molar-refractivity contribution in [2.75, 3.05) is 0 Å². The lowest BCUT2D eigenvalue weighted by molar-refractivity contribution is 0.673. The number of hydrogen-bond donors (Lipinski definition) is 1. The van der Waals surface area contributed by atoms with Crippen LogP contribution in [0.5, 0.6) is 0 Å². The zero-order valence-corrected chi connectivity index (χ0v) is 6.93. The molecule has 3 radical (unpaired) electrons. The lowest BCUT2D eigenvalue weighted by atomic mass is 9.43. The van der Waals surface area contributed by atoms with E-state index in [1.165, 1.54) is 30.4 Å². The summed E-state index contributed by atoms with van der Waals surface area (Å²) in [5.74, 6) is 0.818. The van der Waals surface area contributed by atoms with E-state index in [2.05, 4.69) is 33.8 Å². The fourth-order valence-corrected chi connectivity index (χ4v) is 1.86. The molecule has 0 spiro atoms. The quantitative estimate of drug-likeness (QED) is 0.532. The molecule has 2 rings (SSSR count). The highest BCUT2D eigenvalue weighted by Gasteiger charge is 2.23. The minimum Gasteiger partial charge on any atom is -0.443 e. The standard InChI is InChI=1S/C7H11B3N/c1-8-5-2-3-7-6(4-5)9-10-11-7/h5,11H,2-4H2,1H3. The van der Waals surface area contributed by atoms with Crippen molar-refractivity contribution in [1.29, 1.82) is 0 Å². The Kier molecular flexibility index (Phi) is 2.01. The van der Waals surface area contributed by atoms with E-state index in [1.54, 1.807) is 0 Å². The smallest absolute Gasteiger partial charge is 0.197 e. The molecule has 0 aromatic carbocycles. The summed E-state index contributed by atoms with van der Waals surface area (Å²) in [6.45, 7) is 2.17. The van der Waals surface area contributed by atoms with Gasteiger partial charge in [-0.05, 0) is 18.5 Å². The zero-order valence-electron chi connectivity index (χ0n) is 6.93. The van der Waals surface area contributed by atoms with E-state index in [0.717, 1.165) is 5.82 Å². The van der Waals surface area contributed by atoms with Crippen LogP contribution in [0, 0.1) is 0 Å². The molecule has 1 aliphatic heterocycles. The molecule has 1 aliphatic carbocycles. The van der Waals surface area contributed by atoms with E-state index in [1.807, 2.05) is 0 Å². The van der Waals surface area contributed by atoms with Gasteiger partial charge in [0, 0.05) is 0 Å². The van der Waals surface area contributed by atoms with Gasteiger partial charge in [0.1, 0.15) is 14.4 Å². The predicted octanol–water partition coefficient (Wildman–Crippen LogP) is 0.764. The first-order valence-corrected chi connectivity index (χ1v) is 4.34. The van der Waals surface area contributed by atoms with Gasteiger partial charge in [-0.15, -0.1) is 0 Å². The maximum Gasteiger partial charge on any atom is 0.197 e. The molecule has 0 aromatic heterocycles. The number of allylic oxidation sites excluding steroid dienone is 2. The molecule has 1 unspecified atom stereocenters. The van der Waals surface area contributed by atoms with Crippen LogP contribution in [0.3, 0.4) is 0 Å². The molecule has 1 N–H and O–H groups in total. The van der Waals surface area contributed by atoms with Crippen LogP contribution in [-0.2, 0) is 0 Å². The Hall–Kier alpha value is -0.265. The van der Waals surface area contributed by atoms with Gasteiger partial charge in [0.2, 0.25) is 0 Å². The summed E-state index contributed by atoms with van der Waals surface area (Å²) < 4.78 is 0. The van der Waals surface area contributed by atoms with Gasteiger partial charge >= 0.3 is 0 Å². The third-order valence-electron chi connectivity index (χ3n) is 2.65. The van der Waals surface area contributed by atoms with Crippen molar-refractivity contribution in [2.24, 2.45) is 0 Å². The Morgan fingerprint density at radius 1 is 1.64 bits per heavy atom. The van der Waals surface area contributed by atoms with Crippen LogP contribution < -0.4 is 5.23 Å². The van der Waals surface area contributed by atoms with Crippen LogP contribution >= 0.6 is 0 Å². The van der Waals surface area contributed by atoms with E-state index in [-0.39, 0.29) is 0 Å². The van der Waals surface area contributed by atoms with Crippen LogP contribution in [-0.4, -0.2) is 21.8 Å². The number of nitrogens with one attached hydrogen (secondary N) is 1. The van der Waals surface area contributed by atoms with E-state index in [4.69, 9.17) is 0 Å². The van der Waals surface area contributed by atoms with Gasteiger partial charge in [-0.3, -0.25) is 0 Å². The summed E-state index contributed by atoms with van der Waals surface area (Å²) in [4.78, 5) is 0. The Labute approximate surface area is 70.7 Å². The highest BCUT2D eigenvalue weighted by Crippen LogP contribution is 2.32. The van der Waals surface area contributed by atoms with Crippen molar-refractivity contribution >= 4 is 21.8 Å². The molecule has 4 heteroatoms. The average molecular weight is 142 g/mol. The Morgan fingerprint density at radius 3 is 3.36 bits per heavy atom. The molecule has 0 fully saturated rings. The lowest BCUT2D eigenvalue weighted by Gasteiger charge is -2.22. The maximum atomic E-state index is 3.29. The summed E-state index contributed by atoms with van der Waals surface area (Å²) in [5.41, 5.74) is 2.99. The SMILES string of the molecule is C[B]C1CCC2=C([B][B]N2)C1. The van der Waals surface area contributed by atoms with Gasteiger partial charge in [-0.1, -0.05) is 24.5 Å². The van der Waals surface area contributed by atoms with Gasteiger partial charge in [-0.25, -0.2) is 0 Å². The number of hydrogen-bond acceptors (Lipinski definition) is 1. The van der Waals surface area contributed by atoms with Crippen molar-refractivity contribution < 1.29 is 0 Å². The van der Waals surface area contributed by atoms with Gasteiger partial charge in [0.05, 0.1) is 0 Å². The molecule has 0 saturated carbocycles. The van der Waals surface area contributed by atoms with Crippen LogP contribution in [0.1, 0.15) is 19.3 Å². The minimum absolute atomic E-state index is 0.818. The second-order valence-electron chi connectivity index (χ2n) is 3.32. The van der Waals surface area contributed by atoms with Crippen LogP contribution in [0.25, 0.3) is 0 Å². The first-order chi connectivity index (χ1) is 5.40. The highest BCUT2D eigenvalue weighted by atomic mass is 14.8. The first-order valence-electron chi connectivity index (χ1n) is 4.34. The molecule has 0 bridgehead atoms. The fourth-order valence-electron chi connectivity index (χ4n) is 1.86. The molecule has 0 saturated heterocycles. The summed E-state index contributed by atoms with van der Waals surface area (Å²) in [5, 5.41) is 3.29. The molecule has 1 atom stereocenters. The normalized spacial score (nSPS) is 28.3. The Bertz CT molecular complexity index is 190. The summed E-state index contributed by atoms with van der Waals surface area (Å²) in [6.07, 6.45) is 3.80. The Balaban J connectivity index is 2.05. The minimum atomic E-state index is 0.818. The average Bonchev–Trinajstić information content (AvgIpc) is 2.50. The van der Waals surface area contributed by atoms with Crippen molar-refractivity contribution in [2.45, 2.75) is 31.9 Å². The molecule has 53 valence electrons. The monoisotopic (exact) mass is 142 g/mol. The lowest BCUT2D eigenvalue weighted by Crippen LogP contribution is -2.15. The second-order valence-corrected chi connectivity index (χ2v) is 3.32. The second kappa shape index (κ2) is 3.00. The highest BCUT2D eigenvalue weighted by molar-refractivity contribution is 7.04. The van der Waals surface area contributed by atoms with Gasteiger partial charge in [-0.2, -0.15) is 0 Å². The van der Waals surface area contributed by atoms with Crippen molar-refractivity contribution in [3.63, 3.8) is 0 Å². The van der Waals surface area contributed by atoms with Gasteiger partial charge in [0.15, 0.2) is 7.31 Å². The molecule has 11 heavy (non-hydrogen) atoms. The van der Waals surface area contributed by atoms with E-state index < -0.39 is 0 Å². The van der Waals surface area contributed by atoms with E-state index in [0.29, 0.717) is 0 Å². The van der Waals surface area contributed by atoms with Crippen LogP contribution in [0.2, 0.25) is 12.6 Å². The van der Waals surface area contributed by atoms with Gasteiger partial charge < -0.3 is 5.23 Å². The van der Waals surface area contributed by atoms with Crippen molar-refractivity contribution in [1.82, 2.24) is 5.23 Å². The summed E-state index contributed by atoms with van der Waals surface area (Å²) in [6, 6.07) is 0. The summed E-state index contributed by atoms with van der Waals surface area (Å²) >= 11 is 0. The molecular formula is C7H11B3N. The molecule has 2 aliphatic rings. The van der Waals surface area contributed by atoms with Gasteiger partial charge in [0.25, 0.3) is 0 Å². The maximum absolute atomic E-state index is 3.29. The van der Waals surface area contributed by atoms with Crippen LogP contribution in [0.4, 0.5) is 0 Å². The zero-order chi connectivity index (χ0) is 7.68. The van der Waals surface area contributed by atoms with E-state index in [9.17, 15) is 0 Å². The Morgan fingerprint density at radius 2 is 2.55 bits per heavy atom. The van der Waals surface area contributed by atoms with Crippen molar-refractivity contribution in [3.8, 4) is 0 Å². The van der Waals surface area contributed by atoms with Crippen molar-refractivity contribution in [3.05, 3.63) is 11.2 Å². The van der Waals surface area contributed by atoms with E-state index >= 15 is 0 Å². The number of rotatable bonds is 1. The topological polar surface area (TPSA) is 12.0 Å². The molecule has 0 amide bonds. The third kappa shape index (κ3) is 1.35.